The molecule has 0 aliphatic rings. The summed E-state index contributed by atoms with van der Waals surface area (Å²) in [5, 5.41) is 0. The molecule has 0 aliphatic carbocycles. The number of hydrogen-bond donors (Lipinski definition) is 1. The number of aldehydes is 1. The van der Waals surface area contributed by atoms with Gasteiger partial charge in [-0.1, -0.05) is 0 Å². The Labute approximate surface area is 75.2 Å². The maximum absolute atomic E-state index is 10.7. The first-order valence-electron chi connectivity index (χ1n) is 3.66. The summed E-state index contributed by atoms with van der Waals surface area (Å²) in [5.74, 6) is -0.428. The summed E-state index contributed by atoms with van der Waals surface area (Å²) < 4.78 is 4.40. The number of rotatable bonds is 3. The largest absolute Gasteiger partial charge is 0.466 e. The number of hydrogen-bond acceptors (Lipinski definition) is 3. The van der Waals surface area contributed by atoms with Crippen LogP contribution in [0, 0.1) is 0 Å². The smallest absolute Gasteiger partial charge is 0.330 e. The average molecular weight is 179 g/mol. The number of nitrogens with one attached hydrogen (secondary N) is 1. The van der Waals surface area contributed by atoms with Crippen LogP contribution in [-0.2, 0) is 9.53 Å². The first kappa shape index (κ1) is 9.25. The van der Waals surface area contributed by atoms with Gasteiger partial charge in [-0.3, -0.25) is 4.79 Å². The molecule has 0 aromatic carbocycles. The highest BCUT2D eigenvalue weighted by Crippen LogP contribution is 2.01. The van der Waals surface area contributed by atoms with Crippen LogP contribution >= 0.6 is 0 Å². The van der Waals surface area contributed by atoms with Gasteiger partial charge in [0.15, 0.2) is 6.29 Å². The van der Waals surface area contributed by atoms with E-state index in [0.717, 1.165) is 0 Å². The van der Waals surface area contributed by atoms with Gasteiger partial charge in [0.1, 0.15) is 0 Å². The van der Waals surface area contributed by atoms with E-state index in [4.69, 9.17) is 0 Å². The van der Waals surface area contributed by atoms with E-state index >= 15 is 0 Å². The standard InChI is InChI=1S/C9H9NO3/c1-13-9(12)5-4-7-2-3-8(6-11)10-7/h2-6,10H,1H3. The lowest BCUT2D eigenvalue weighted by Crippen LogP contribution is -1.93. The van der Waals surface area contributed by atoms with Gasteiger partial charge in [0.25, 0.3) is 0 Å². The third-order valence-corrected chi connectivity index (χ3v) is 1.46. The third-order valence-electron chi connectivity index (χ3n) is 1.46. The monoisotopic (exact) mass is 179 g/mol. The Bertz CT molecular complexity index is 338. The first-order chi connectivity index (χ1) is 6.26. The Morgan fingerprint density at radius 2 is 2.15 bits per heavy atom. The van der Waals surface area contributed by atoms with Crippen molar-refractivity contribution in [2.45, 2.75) is 0 Å². The summed E-state index contributed by atoms with van der Waals surface area (Å²) >= 11 is 0. The number of aromatic amines is 1. The summed E-state index contributed by atoms with van der Waals surface area (Å²) in [7, 11) is 1.30. The lowest BCUT2D eigenvalue weighted by molar-refractivity contribution is -0.134. The van der Waals surface area contributed by atoms with Gasteiger partial charge in [-0.25, -0.2) is 4.79 Å². The molecule has 4 nitrogen and oxygen atoms in total. The van der Waals surface area contributed by atoms with Gasteiger partial charge in [0.05, 0.1) is 12.8 Å². The molecule has 0 amide bonds. The van der Waals surface area contributed by atoms with E-state index in [0.29, 0.717) is 17.7 Å². The van der Waals surface area contributed by atoms with Crippen molar-refractivity contribution in [3.05, 3.63) is 29.6 Å². The highest BCUT2D eigenvalue weighted by molar-refractivity contribution is 5.86. The summed E-state index contributed by atoms with van der Waals surface area (Å²) in [6.45, 7) is 0. The molecule has 0 spiro atoms. The average Bonchev–Trinajstić information content (AvgIpc) is 2.61. The van der Waals surface area contributed by atoms with Crippen molar-refractivity contribution >= 4 is 18.3 Å². The Kier molecular flexibility index (Phi) is 3.03. The number of carbonyl (C=O) groups is 2. The van der Waals surface area contributed by atoms with Crippen LogP contribution < -0.4 is 0 Å². The van der Waals surface area contributed by atoms with Crippen LogP contribution in [0.3, 0.4) is 0 Å². The van der Waals surface area contributed by atoms with Gasteiger partial charge >= 0.3 is 5.97 Å². The zero-order chi connectivity index (χ0) is 9.68. The van der Waals surface area contributed by atoms with Crippen molar-refractivity contribution in [3.63, 3.8) is 0 Å². The van der Waals surface area contributed by atoms with Gasteiger partial charge in [0.2, 0.25) is 0 Å². The first-order valence-corrected chi connectivity index (χ1v) is 3.66. The van der Waals surface area contributed by atoms with Gasteiger partial charge in [0, 0.05) is 11.8 Å². The second-order valence-corrected chi connectivity index (χ2v) is 2.34. The van der Waals surface area contributed by atoms with Gasteiger partial charge in [-0.15, -0.1) is 0 Å². The van der Waals surface area contributed by atoms with E-state index in [1.54, 1.807) is 18.2 Å². The number of H-pyrrole nitrogens is 1. The molecule has 0 fully saturated rings. The van der Waals surface area contributed by atoms with E-state index in [1.807, 2.05) is 0 Å². The number of aromatic nitrogens is 1. The molecular weight excluding hydrogens is 170 g/mol. The number of esters is 1. The SMILES string of the molecule is COC(=O)C=Cc1ccc(C=O)[nH]1. The molecule has 0 aliphatic heterocycles. The maximum Gasteiger partial charge on any atom is 0.330 e. The van der Waals surface area contributed by atoms with Gasteiger partial charge in [-0.05, 0) is 18.2 Å². The summed E-state index contributed by atoms with van der Waals surface area (Å²) in [6, 6.07) is 3.33. The van der Waals surface area contributed by atoms with Crippen molar-refractivity contribution < 1.29 is 14.3 Å². The zero-order valence-corrected chi connectivity index (χ0v) is 7.11. The minimum absolute atomic E-state index is 0.428. The molecule has 0 saturated heterocycles. The van der Waals surface area contributed by atoms with Crippen molar-refractivity contribution in [2.75, 3.05) is 7.11 Å². The van der Waals surface area contributed by atoms with E-state index in [9.17, 15) is 9.59 Å². The molecule has 0 atom stereocenters. The molecule has 0 unspecified atom stereocenters. The molecule has 0 saturated carbocycles. The lowest BCUT2D eigenvalue weighted by atomic mass is 10.4. The van der Waals surface area contributed by atoms with E-state index in [2.05, 4.69) is 9.72 Å². The summed E-state index contributed by atoms with van der Waals surface area (Å²) in [4.78, 5) is 23.7. The zero-order valence-electron chi connectivity index (χ0n) is 7.11. The van der Waals surface area contributed by atoms with Crippen LogP contribution in [0.2, 0.25) is 0 Å². The van der Waals surface area contributed by atoms with Crippen LogP contribution in [0.15, 0.2) is 18.2 Å². The lowest BCUT2D eigenvalue weighted by Gasteiger charge is -1.88. The van der Waals surface area contributed by atoms with Crippen molar-refractivity contribution in [3.8, 4) is 0 Å². The van der Waals surface area contributed by atoms with E-state index in [1.165, 1.54) is 13.2 Å². The van der Waals surface area contributed by atoms with Crippen LogP contribution in [0.5, 0.6) is 0 Å². The quantitative estimate of drug-likeness (QED) is 0.428. The number of methoxy groups -OCH3 is 1. The molecule has 1 aromatic rings. The highest BCUT2D eigenvalue weighted by atomic mass is 16.5. The predicted octanol–water partition coefficient (Wildman–Crippen LogP) is 1.01. The van der Waals surface area contributed by atoms with E-state index in [-0.39, 0.29) is 0 Å². The molecule has 1 aromatic heterocycles. The van der Waals surface area contributed by atoms with Gasteiger partial charge in [-0.2, -0.15) is 0 Å². The van der Waals surface area contributed by atoms with Crippen molar-refractivity contribution in [2.24, 2.45) is 0 Å². The number of ether oxygens (including phenoxy) is 1. The Balaban J connectivity index is 2.68. The second-order valence-electron chi connectivity index (χ2n) is 2.34. The molecule has 0 radical (unpaired) electrons. The molecule has 0 bridgehead atoms. The molecule has 4 heteroatoms. The minimum Gasteiger partial charge on any atom is -0.466 e. The molecule has 13 heavy (non-hydrogen) atoms. The van der Waals surface area contributed by atoms with Crippen molar-refractivity contribution in [1.82, 2.24) is 4.98 Å². The number of carbonyl (C=O) groups excluding carboxylic acids is 2. The van der Waals surface area contributed by atoms with Crippen LogP contribution in [0.4, 0.5) is 0 Å². The fourth-order valence-electron chi connectivity index (χ4n) is 0.821. The second kappa shape index (κ2) is 4.25. The van der Waals surface area contributed by atoms with Crippen LogP contribution in [-0.4, -0.2) is 24.3 Å². The molecular formula is C9H9NO3. The Hall–Kier alpha value is -1.84. The van der Waals surface area contributed by atoms with E-state index < -0.39 is 5.97 Å². The molecule has 1 heterocycles. The predicted molar refractivity (Wildman–Crippen MR) is 47.2 cm³/mol. The van der Waals surface area contributed by atoms with Crippen LogP contribution in [0.25, 0.3) is 6.08 Å². The normalized spacial score (nSPS) is 10.2. The van der Waals surface area contributed by atoms with Crippen LogP contribution in [0.1, 0.15) is 16.2 Å². The summed E-state index contributed by atoms with van der Waals surface area (Å²) in [5.41, 5.74) is 1.16. The van der Waals surface area contributed by atoms with Crippen molar-refractivity contribution in [1.29, 1.82) is 0 Å². The fraction of sp³-hybridized carbons (Fsp3) is 0.111. The topological polar surface area (TPSA) is 59.2 Å². The molecule has 68 valence electrons. The Morgan fingerprint density at radius 3 is 2.69 bits per heavy atom. The molecule has 1 rings (SSSR count). The Morgan fingerprint density at radius 1 is 1.46 bits per heavy atom. The molecule has 1 N–H and O–H groups in total. The third kappa shape index (κ3) is 2.59. The highest BCUT2D eigenvalue weighted by Gasteiger charge is 1.94. The van der Waals surface area contributed by atoms with Gasteiger partial charge < -0.3 is 9.72 Å². The maximum atomic E-state index is 10.7. The summed E-state index contributed by atoms with van der Waals surface area (Å²) in [6.07, 6.45) is 3.52. The minimum atomic E-state index is -0.428. The fourth-order valence-corrected chi connectivity index (χ4v) is 0.821.